The highest BCUT2D eigenvalue weighted by Gasteiger charge is 2.02. The van der Waals surface area contributed by atoms with Gasteiger partial charge in [-0.2, -0.15) is 0 Å². The second-order valence-electron chi connectivity index (χ2n) is 6.67. The maximum atomic E-state index is 11.3. The Hall–Kier alpha value is -0.610. The molecule has 144 valence electrons. The maximum absolute atomic E-state index is 11.3. The number of carbonyl (C=O) groups excluding carboxylic acids is 1. The summed E-state index contributed by atoms with van der Waals surface area (Å²) in [5, 5.41) is 8.38. The van der Waals surface area contributed by atoms with E-state index in [-0.39, 0.29) is 12.8 Å². The monoisotopic (exact) mass is 344 g/mol. The van der Waals surface area contributed by atoms with Crippen molar-refractivity contribution in [3.8, 4) is 0 Å². The maximum Gasteiger partial charge on any atom is 0.307 e. The Morgan fingerprint density at radius 3 is 1.54 bits per heavy atom. The quantitative estimate of drug-likeness (QED) is 0.185. The molecule has 0 fully saturated rings. The molecule has 0 saturated carbocycles. The van der Waals surface area contributed by atoms with Gasteiger partial charge in [-0.25, -0.2) is 0 Å². The summed E-state index contributed by atoms with van der Waals surface area (Å²) < 4.78 is 9.33. The van der Waals surface area contributed by atoms with Crippen LogP contribution in [0.15, 0.2) is 0 Å². The van der Waals surface area contributed by atoms with E-state index in [1.807, 2.05) is 0 Å². The number of hydrogen-bond acceptors (Lipinski definition) is 4. The molecule has 0 aliphatic carbocycles. The average Bonchev–Trinajstić information content (AvgIpc) is 2.58. The molecule has 1 N–H and O–H groups in total. The Labute approximate surface area is 149 Å². The van der Waals surface area contributed by atoms with E-state index in [0.29, 0.717) is 6.42 Å². The predicted molar refractivity (Wildman–Crippen MR) is 98.7 cm³/mol. The summed E-state index contributed by atoms with van der Waals surface area (Å²) in [6.45, 7) is 1.71. The van der Waals surface area contributed by atoms with Gasteiger partial charge in [0.1, 0.15) is 6.79 Å². The normalized spacial score (nSPS) is 10.9. The second kappa shape index (κ2) is 20.4. The molecule has 0 bridgehead atoms. The molecule has 0 rings (SSSR count). The van der Waals surface area contributed by atoms with Gasteiger partial charge in [0.2, 0.25) is 0 Å². The van der Waals surface area contributed by atoms with E-state index < -0.39 is 6.79 Å². The minimum atomic E-state index is -0.410. The van der Waals surface area contributed by atoms with Crippen LogP contribution in [0.25, 0.3) is 0 Å². The minimum Gasteiger partial charge on any atom is -0.438 e. The Bertz CT molecular complexity index is 256. The van der Waals surface area contributed by atoms with E-state index in [1.165, 1.54) is 83.5 Å². The largest absolute Gasteiger partial charge is 0.438 e. The van der Waals surface area contributed by atoms with Crippen molar-refractivity contribution in [2.75, 3.05) is 13.6 Å². The zero-order valence-electron chi connectivity index (χ0n) is 15.9. The summed E-state index contributed by atoms with van der Waals surface area (Å²) in [6, 6.07) is 0. The molecule has 0 atom stereocenters. The van der Waals surface area contributed by atoms with Crippen LogP contribution in [-0.4, -0.2) is 24.7 Å². The first kappa shape index (κ1) is 23.4. The first-order valence-electron chi connectivity index (χ1n) is 10.2. The number of esters is 1. The SMILES string of the molecule is CCCCCCCCCCCCCCCCCC(=O)OCOCO. The number of ether oxygens (including phenoxy) is 2. The summed E-state index contributed by atoms with van der Waals surface area (Å²) in [5.41, 5.74) is 0. The molecular weight excluding hydrogens is 304 g/mol. The summed E-state index contributed by atoms with van der Waals surface area (Å²) in [7, 11) is 0. The van der Waals surface area contributed by atoms with Crippen molar-refractivity contribution in [3.05, 3.63) is 0 Å². The Balaban J connectivity index is 3.06. The molecule has 4 nitrogen and oxygen atoms in total. The topological polar surface area (TPSA) is 55.8 Å². The fraction of sp³-hybridized carbons (Fsp3) is 0.950. The van der Waals surface area contributed by atoms with Crippen LogP contribution in [0.1, 0.15) is 110 Å². The molecule has 0 unspecified atom stereocenters. The van der Waals surface area contributed by atoms with Crippen LogP contribution in [-0.2, 0) is 14.3 Å². The van der Waals surface area contributed by atoms with Crippen molar-refractivity contribution >= 4 is 5.97 Å². The first-order chi connectivity index (χ1) is 11.8. The zero-order valence-corrected chi connectivity index (χ0v) is 15.9. The van der Waals surface area contributed by atoms with Crippen LogP contribution < -0.4 is 0 Å². The third-order valence-corrected chi connectivity index (χ3v) is 4.38. The van der Waals surface area contributed by atoms with Gasteiger partial charge >= 0.3 is 5.97 Å². The lowest BCUT2D eigenvalue weighted by Gasteiger charge is -2.04. The Morgan fingerprint density at radius 2 is 1.12 bits per heavy atom. The van der Waals surface area contributed by atoms with E-state index in [0.717, 1.165) is 12.8 Å². The summed E-state index contributed by atoms with van der Waals surface area (Å²) in [5.74, 6) is -0.238. The fourth-order valence-electron chi connectivity index (χ4n) is 2.86. The van der Waals surface area contributed by atoms with Crippen LogP contribution in [0.2, 0.25) is 0 Å². The number of hydrogen-bond donors (Lipinski definition) is 1. The number of aliphatic hydroxyl groups is 1. The van der Waals surface area contributed by atoms with Gasteiger partial charge in [0, 0.05) is 6.42 Å². The van der Waals surface area contributed by atoms with Crippen LogP contribution in [0, 0.1) is 0 Å². The van der Waals surface area contributed by atoms with Crippen molar-refractivity contribution in [3.63, 3.8) is 0 Å². The summed E-state index contributed by atoms with van der Waals surface area (Å²) >= 11 is 0. The van der Waals surface area contributed by atoms with Gasteiger partial charge in [-0.05, 0) is 6.42 Å². The average molecular weight is 345 g/mol. The van der Waals surface area contributed by atoms with Gasteiger partial charge in [-0.1, -0.05) is 96.8 Å². The highest BCUT2D eigenvalue weighted by atomic mass is 16.7. The molecule has 0 spiro atoms. The van der Waals surface area contributed by atoms with Crippen molar-refractivity contribution < 1.29 is 19.4 Å². The Morgan fingerprint density at radius 1 is 0.708 bits per heavy atom. The number of unbranched alkanes of at least 4 members (excludes halogenated alkanes) is 14. The number of aliphatic hydroxyl groups excluding tert-OH is 1. The van der Waals surface area contributed by atoms with Crippen molar-refractivity contribution in [1.29, 1.82) is 0 Å². The van der Waals surface area contributed by atoms with Crippen LogP contribution >= 0.6 is 0 Å². The van der Waals surface area contributed by atoms with E-state index in [4.69, 9.17) is 9.84 Å². The van der Waals surface area contributed by atoms with E-state index in [1.54, 1.807) is 0 Å². The van der Waals surface area contributed by atoms with Crippen LogP contribution in [0.3, 0.4) is 0 Å². The van der Waals surface area contributed by atoms with Gasteiger partial charge < -0.3 is 14.6 Å². The molecule has 0 aromatic heterocycles. The zero-order chi connectivity index (χ0) is 17.7. The lowest BCUT2D eigenvalue weighted by Crippen LogP contribution is -2.08. The molecular formula is C20H40O4. The highest BCUT2D eigenvalue weighted by molar-refractivity contribution is 5.69. The third-order valence-electron chi connectivity index (χ3n) is 4.38. The van der Waals surface area contributed by atoms with Crippen molar-refractivity contribution in [1.82, 2.24) is 0 Å². The summed E-state index contributed by atoms with van der Waals surface area (Å²) in [4.78, 5) is 11.3. The smallest absolute Gasteiger partial charge is 0.307 e. The lowest BCUT2D eigenvalue weighted by atomic mass is 10.0. The van der Waals surface area contributed by atoms with Crippen molar-refractivity contribution in [2.24, 2.45) is 0 Å². The van der Waals surface area contributed by atoms with E-state index in [9.17, 15) is 4.79 Å². The third kappa shape index (κ3) is 19.4. The van der Waals surface area contributed by atoms with Gasteiger partial charge in [-0.15, -0.1) is 0 Å². The molecule has 0 aliphatic rings. The molecule has 0 saturated heterocycles. The number of rotatable bonds is 19. The fourth-order valence-corrected chi connectivity index (χ4v) is 2.86. The molecule has 0 radical (unpaired) electrons. The molecule has 24 heavy (non-hydrogen) atoms. The molecule has 0 aliphatic heterocycles. The van der Waals surface area contributed by atoms with Gasteiger partial charge in [0.05, 0.1) is 0 Å². The first-order valence-corrected chi connectivity index (χ1v) is 10.2. The van der Waals surface area contributed by atoms with Crippen molar-refractivity contribution in [2.45, 2.75) is 110 Å². The molecule has 0 heterocycles. The summed E-state index contributed by atoms with van der Waals surface area (Å²) in [6.07, 6.45) is 20.2. The van der Waals surface area contributed by atoms with Crippen LogP contribution in [0.5, 0.6) is 0 Å². The van der Waals surface area contributed by atoms with E-state index in [2.05, 4.69) is 11.7 Å². The van der Waals surface area contributed by atoms with E-state index >= 15 is 0 Å². The molecule has 0 aromatic carbocycles. The Kier molecular flexibility index (Phi) is 19.9. The highest BCUT2D eigenvalue weighted by Crippen LogP contribution is 2.13. The van der Waals surface area contributed by atoms with Crippen LogP contribution in [0.4, 0.5) is 0 Å². The minimum absolute atomic E-state index is 0.145. The molecule has 0 aromatic rings. The molecule has 4 heteroatoms. The van der Waals surface area contributed by atoms with Gasteiger partial charge in [0.25, 0.3) is 0 Å². The molecule has 0 amide bonds. The van der Waals surface area contributed by atoms with Gasteiger partial charge in [-0.3, -0.25) is 4.79 Å². The number of carbonyl (C=O) groups is 1. The lowest BCUT2D eigenvalue weighted by molar-refractivity contribution is -0.163. The second-order valence-corrected chi connectivity index (χ2v) is 6.67. The van der Waals surface area contributed by atoms with Gasteiger partial charge in [0.15, 0.2) is 6.79 Å². The standard InChI is InChI=1S/C20H40O4/c1-2-3-4-5-6-7-8-9-10-11-12-13-14-15-16-17-20(22)24-19-23-18-21/h21H,2-19H2,1H3. The predicted octanol–water partition coefficient (Wildman–Crippen LogP) is 5.72.